The quantitative estimate of drug-likeness (QED) is 0.718. The zero-order valence-corrected chi connectivity index (χ0v) is 9.72. The maximum Gasteiger partial charge on any atom is 0.231 e. The van der Waals surface area contributed by atoms with E-state index in [1.807, 2.05) is 18.2 Å². The van der Waals surface area contributed by atoms with Gasteiger partial charge in [-0.1, -0.05) is 0 Å². The zero-order valence-electron chi connectivity index (χ0n) is 9.72. The van der Waals surface area contributed by atoms with Crippen molar-refractivity contribution in [2.24, 2.45) is 11.7 Å². The predicted molar refractivity (Wildman–Crippen MR) is 67.0 cm³/mol. The maximum atomic E-state index is 12.0. The molecule has 0 bridgehead atoms. The van der Waals surface area contributed by atoms with Gasteiger partial charge < -0.3 is 15.8 Å². The van der Waals surface area contributed by atoms with Crippen LogP contribution in [-0.4, -0.2) is 35.4 Å². The number of anilines is 1. The molecule has 6 heteroatoms. The third kappa shape index (κ3) is 1.96. The molecule has 1 aliphatic rings. The monoisotopic (exact) mass is 246 g/mol. The fourth-order valence-corrected chi connectivity index (χ4v) is 2.09. The first-order chi connectivity index (χ1) is 8.74. The molecule has 0 aliphatic carbocycles. The molecule has 2 unspecified atom stereocenters. The number of carbonyl (C=O) groups excluding carboxylic acids is 1. The van der Waals surface area contributed by atoms with Gasteiger partial charge in [-0.05, 0) is 18.2 Å². The number of aromatic nitrogens is 2. The summed E-state index contributed by atoms with van der Waals surface area (Å²) in [6, 6.07) is 5.37. The molecular formula is C12H14N4O2. The molecule has 2 aromatic rings. The smallest absolute Gasteiger partial charge is 0.231 e. The highest BCUT2D eigenvalue weighted by Crippen LogP contribution is 2.19. The maximum absolute atomic E-state index is 12.0. The van der Waals surface area contributed by atoms with Crippen LogP contribution in [0.15, 0.2) is 24.4 Å². The summed E-state index contributed by atoms with van der Waals surface area (Å²) in [6.07, 6.45) is 1.74. The first-order valence-electron chi connectivity index (χ1n) is 5.81. The Morgan fingerprint density at radius 3 is 3.17 bits per heavy atom. The Kier molecular flexibility index (Phi) is 2.73. The van der Waals surface area contributed by atoms with E-state index in [4.69, 9.17) is 10.5 Å². The number of hydrogen-bond acceptors (Lipinski definition) is 4. The summed E-state index contributed by atoms with van der Waals surface area (Å²) < 4.78 is 5.18. The summed E-state index contributed by atoms with van der Waals surface area (Å²) >= 11 is 0. The van der Waals surface area contributed by atoms with Crippen molar-refractivity contribution >= 4 is 22.5 Å². The largest absolute Gasteiger partial charge is 0.379 e. The summed E-state index contributed by atoms with van der Waals surface area (Å²) in [4.78, 5) is 12.0. The zero-order chi connectivity index (χ0) is 12.5. The lowest BCUT2D eigenvalue weighted by Gasteiger charge is -2.13. The number of nitrogens with zero attached hydrogens (tertiary/aromatic N) is 1. The van der Waals surface area contributed by atoms with Crippen LogP contribution in [0.4, 0.5) is 5.69 Å². The van der Waals surface area contributed by atoms with Crippen molar-refractivity contribution < 1.29 is 9.53 Å². The lowest BCUT2D eigenvalue weighted by Crippen LogP contribution is -2.37. The summed E-state index contributed by atoms with van der Waals surface area (Å²) in [5, 5.41) is 10.7. The van der Waals surface area contributed by atoms with Crippen LogP contribution in [0.1, 0.15) is 0 Å². The van der Waals surface area contributed by atoms with E-state index >= 15 is 0 Å². The molecule has 1 saturated heterocycles. The van der Waals surface area contributed by atoms with Crippen LogP contribution in [0.25, 0.3) is 10.9 Å². The molecule has 6 nitrogen and oxygen atoms in total. The van der Waals surface area contributed by atoms with Gasteiger partial charge in [0, 0.05) is 17.1 Å². The van der Waals surface area contributed by atoms with Crippen molar-refractivity contribution in [3.8, 4) is 0 Å². The molecule has 1 aromatic heterocycles. The first-order valence-corrected chi connectivity index (χ1v) is 5.81. The molecule has 2 heterocycles. The Hall–Kier alpha value is -1.92. The number of fused-ring (bicyclic) bond motifs is 1. The Morgan fingerprint density at radius 2 is 2.39 bits per heavy atom. The van der Waals surface area contributed by atoms with E-state index in [0.717, 1.165) is 16.6 Å². The third-order valence-electron chi connectivity index (χ3n) is 3.17. The van der Waals surface area contributed by atoms with Crippen molar-refractivity contribution in [1.29, 1.82) is 0 Å². The van der Waals surface area contributed by atoms with Crippen LogP contribution < -0.4 is 11.1 Å². The van der Waals surface area contributed by atoms with Gasteiger partial charge in [0.05, 0.1) is 30.8 Å². The van der Waals surface area contributed by atoms with Crippen molar-refractivity contribution in [1.82, 2.24) is 10.2 Å². The predicted octanol–water partition coefficient (Wildman–Crippen LogP) is 0.475. The molecule has 0 radical (unpaired) electrons. The van der Waals surface area contributed by atoms with Gasteiger partial charge >= 0.3 is 0 Å². The highest BCUT2D eigenvalue weighted by Gasteiger charge is 2.31. The Balaban J connectivity index is 1.77. The average Bonchev–Trinajstić information content (AvgIpc) is 2.96. The van der Waals surface area contributed by atoms with E-state index in [0.29, 0.717) is 13.2 Å². The lowest BCUT2D eigenvalue weighted by molar-refractivity contribution is -0.120. The van der Waals surface area contributed by atoms with Gasteiger partial charge in [0.1, 0.15) is 0 Å². The molecule has 0 spiro atoms. The van der Waals surface area contributed by atoms with E-state index < -0.39 is 0 Å². The molecule has 18 heavy (non-hydrogen) atoms. The van der Waals surface area contributed by atoms with Gasteiger partial charge in [-0.3, -0.25) is 9.89 Å². The SMILES string of the molecule is NC1COCC1C(=O)Nc1ccc2cn[nH]c2c1. The fraction of sp³-hybridized carbons (Fsp3) is 0.333. The topological polar surface area (TPSA) is 93.0 Å². The number of rotatable bonds is 2. The summed E-state index contributed by atoms with van der Waals surface area (Å²) in [5.41, 5.74) is 7.43. The number of hydrogen-bond donors (Lipinski definition) is 3. The summed E-state index contributed by atoms with van der Waals surface area (Å²) in [6.45, 7) is 0.830. The second-order valence-corrected chi connectivity index (χ2v) is 4.47. The number of benzene rings is 1. The number of nitrogens with one attached hydrogen (secondary N) is 2. The number of amides is 1. The van der Waals surface area contributed by atoms with Crippen molar-refractivity contribution in [3.63, 3.8) is 0 Å². The highest BCUT2D eigenvalue weighted by molar-refractivity contribution is 5.95. The second-order valence-electron chi connectivity index (χ2n) is 4.47. The molecule has 0 saturated carbocycles. The molecular weight excluding hydrogens is 232 g/mol. The second kappa shape index (κ2) is 4.40. The minimum Gasteiger partial charge on any atom is -0.379 e. The third-order valence-corrected chi connectivity index (χ3v) is 3.17. The first kappa shape index (κ1) is 11.2. The molecule has 1 aliphatic heterocycles. The van der Waals surface area contributed by atoms with Gasteiger partial charge in [-0.2, -0.15) is 5.10 Å². The van der Waals surface area contributed by atoms with Crippen molar-refractivity contribution in [2.45, 2.75) is 6.04 Å². The van der Waals surface area contributed by atoms with E-state index in [9.17, 15) is 4.79 Å². The molecule has 1 fully saturated rings. The minimum atomic E-state index is -0.275. The minimum absolute atomic E-state index is 0.0983. The number of H-pyrrole nitrogens is 1. The van der Waals surface area contributed by atoms with Crippen LogP contribution in [0, 0.1) is 5.92 Å². The van der Waals surface area contributed by atoms with E-state index in [2.05, 4.69) is 15.5 Å². The van der Waals surface area contributed by atoms with Gasteiger partial charge in [0.25, 0.3) is 0 Å². The van der Waals surface area contributed by atoms with Crippen LogP contribution in [0.5, 0.6) is 0 Å². The summed E-state index contributed by atoms with van der Waals surface area (Å²) in [7, 11) is 0. The normalized spacial score (nSPS) is 23.4. The van der Waals surface area contributed by atoms with E-state index in [1.54, 1.807) is 6.20 Å². The van der Waals surface area contributed by atoms with Gasteiger partial charge in [0.15, 0.2) is 0 Å². The highest BCUT2D eigenvalue weighted by atomic mass is 16.5. The fourth-order valence-electron chi connectivity index (χ4n) is 2.09. The van der Waals surface area contributed by atoms with Crippen molar-refractivity contribution in [2.75, 3.05) is 18.5 Å². The van der Waals surface area contributed by atoms with Crippen LogP contribution in [0.3, 0.4) is 0 Å². The molecule has 1 aromatic carbocycles. The molecule has 2 atom stereocenters. The number of aromatic amines is 1. The van der Waals surface area contributed by atoms with Gasteiger partial charge in [-0.15, -0.1) is 0 Å². The number of ether oxygens (including phenoxy) is 1. The lowest BCUT2D eigenvalue weighted by atomic mass is 10.0. The number of nitrogens with two attached hydrogens (primary N) is 1. The van der Waals surface area contributed by atoms with Gasteiger partial charge in [-0.25, -0.2) is 0 Å². The molecule has 1 amide bonds. The summed E-state index contributed by atoms with van der Waals surface area (Å²) in [5.74, 6) is -0.374. The van der Waals surface area contributed by atoms with Gasteiger partial charge in [0.2, 0.25) is 5.91 Å². The van der Waals surface area contributed by atoms with Crippen LogP contribution in [-0.2, 0) is 9.53 Å². The Morgan fingerprint density at radius 1 is 1.50 bits per heavy atom. The molecule has 3 rings (SSSR count). The van der Waals surface area contributed by atoms with E-state index in [1.165, 1.54) is 0 Å². The molecule has 4 N–H and O–H groups in total. The van der Waals surface area contributed by atoms with Crippen LogP contribution in [0.2, 0.25) is 0 Å². The molecule has 94 valence electrons. The van der Waals surface area contributed by atoms with Crippen LogP contribution >= 0.6 is 0 Å². The Labute approximate surface area is 103 Å². The van der Waals surface area contributed by atoms with E-state index in [-0.39, 0.29) is 17.9 Å². The van der Waals surface area contributed by atoms with Crippen molar-refractivity contribution in [3.05, 3.63) is 24.4 Å². The number of carbonyl (C=O) groups is 1. The average molecular weight is 246 g/mol. The Bertz CT molecular complexity index is 580. The standard InChI is InChI=1S/C12H14N4O2/c13-10-6-18-5-9(10)12(17)15-8-2-1-7-4-14-16-11(7)3-8/h1-4,9-10H,5-6,13H2,(H,14,16)(H,15,17).